The molecule has 3 aromatic rings. The number of aromatic nitrogens is 1. The van der Waals surface area contributed by atoms with E-state index >= 15 is 0 Å². The van der Waals surface area contributed by atoms with Gasteiger partial charge in [0.2, 0.25) is 5.91 Å². The highest BCUT2D eigenvalue weighted by atomic mass is 32.1. The number of thiazole rings is 1. The molecule has 7 heteroatoms. The highest BCUT2D eigenvalue weighted by Gasteiger charge is 2.28. The van der Waals surface area contributed by atoms with E-state index in [0.717, 1.165) is 16.9 Å². The van der Waals surface area contributed by atoms with Gasteiger partial charge in [-0.05, 0) is 31.0 Å². The fourth-order valence-corrected chi connectivity index (χ4v) is 4.34. The van der Waals surface area contributed by atoms with Gasteiger partial charge < -0.3 is 14.6 Å². The lowest BCUT2D eigenvalue weighted by atomic mass is 9.95. The van der Waals surface area contributed by atoms with E-state index in [1.807, 2.05) is 18.2 Å². The number of amides is 2. The van der Waals surface area contributed by atoms with Crippen molar-refractivity contribution in [2.75, 3.05) is 19.6 Å². The molecule has 4 rings (SSSR count). The average molecular weight is 383 g/mol. The van der Waals surface area contributed by atoms with Gasteiger partial charge >= 0.3 is 0 Å². The number of piperidine rings is 1. The first-order valence-corrected chi connectivity index (χ1v) is 9.96. The fraction of sp³-hybridized carbons (Fsp3) is 0.350. The van der Waals surface area contributed by atoms with E-state index in [9.17, 15) is 9.59 Å². The Morgan fingerprint density at radius 2 is 2.04 bits per heavy atom. The van der Waals surface area contributed by atoms with Crippen LogP contribution in [0.15, 0.2) is 47.3 Å². The minimum Gasteiger partial charge on any atom is -0.472 e. The minimum atomic E-state index is -0.0335. The number of rotatable bonds is 5. The molecule has 0 unspecified atom stereocenters. The van der Waals surface area contributed by atoms with Gasteiger partial charge in [-0.2, -0.15) is 0 Å². The molecule has 3 heterocycles. The molecule has 6 nitrogen and oxygen atoms in total. The molecule has 0 bridgehead atoms. The van der Waals surface area contributed by atoms with Gasteiger partial charge in [0.05, 0.1) is 27.1 Å². The SMILES string of the molecule is O=C(NCCc1nc2ccccc2s1)C1CCN(C(=O)c2ccoc2)CC1. The number of carbonyl (C=O) groups excluding carboxylic acids is 2. The van der Waals surface area contributed by atoms with E-state index in [1.54, 1.807) is 22.3 Å². The van der Waals surface area contributed by atoms with Crippen LogP contribution < -0.4 is 5.32 Å². The third-order valence-electron chi connectivity index (χ3n) is 4.90. The smallest absolute Gasteiger partial charge is 0.257 e. The first kappa shape index (κ1) is 17.7. The molecule has 1 aliphatic rings. The average Bonchev–Trinajstić information content (AvgIpc) is 3.37. The van der Waals surface area contributed by atoms with E-state index in [0.29, 0.717) is 38.0 Å². The summed E-state index contributed by atoms with van der Waals surface area (Å²) in [5.41, 5.74) is 1.58. The van der Waals surface area contributed by atoms with Crippen LogP contribution in [-0.4, -0.2) is 41.3 Å². The molecule has 1 saturated heterocycles. The lowest BCUT2D eigenvalue weighted by Gasteiger charge is -2.31. The monoisotopic (exact) mass is 383 g/mol. The van der Waals surface area contributed by atoms with Gasteiger partial charge in [-0.15, -0.1) is 11.3 Å². The molecule has 0 saturated carbocycles. The number of furan rings is 1. The molecule has 1 fully saturated rings. The zero-order valence-corrected chi connectivity index (χ0v) is 15.7. The second kappa shape index (κ2) is 7.92. The van der Waals surface area contributed by atoms with E-state index in [2.05, 4.69) is 16.4 Å². The van der Waals surface area contributed by atoms with Crippen molar-refractivity contribution >= 4 is 33.4 Å². The maximum Gasteiger partial charge on any atom is 0.257 e. The number of carbonyl (C=O) groups is 2. The van der Waals surface area contributed by atoms with Gasteiger partial charge in [0.15, 0.2) is 0 Å². The summed E-state index contributed by atoms with van der Waals surface area (Å²) in [6, 6.07) is 9.73. The number of para-hydroxylation sites is 1. The van der Waals surface area contributed by atoms with Crippen LogP contribution in [0.2, 0.25) is 0 Å². The van der Waals surface area contributed by atoms with Crippen LogP contribution in [-0.2, 0) is 11.2 Å². The molecular formula is C20H21N3O3S. The third-order valence-corrected chi connectivity index (χ3v) is 5.99. The summed E-state index contributed by atoms with van der Waals surface area (Å²) in [7, 11) is 0. The van der Waals surface area contributed by atoms with Gasteiger partial charge in [-0.25, -0.2) is 4.98 Å². The molecule has 1 aromatic carbocycles. The summed E-state index contributed by atoms with van der Waals surface area (Å²) in [6.45, 7) is 1.78. The largest absolute Gasteiger partial charge is 0.472 e. The van der Waals surface area contributed by atoms with E-state index in [1.165, 1.54) is 17.2 Å². The molecule has 0 spiro atoms. The summed E-state index contributed by atoms with van der Waals surface area (Å²) >= 11 is 1.67. The van der Waals surface area contributed by atoms with Gasteiger partial charge in [0.25, 0.3) is 5.91 Å². The number of nitrogens with one attached hydrogen (secondary N) is 1. The molecule has 2 aromatic heterocycles. The molecule has 1 N–H and O–H groups in total. The lowest BCUT2D eigenvalue weighted by Crippen LogP contribution is -2.43. The molecule has 0 aliphatic carbocycles. The number of likely N-dealkylation sites (tertiary alicyclic amines) is 1. The number of fused-ring (bicyclic) bond motifs is 1. The maximum atomic E-state index is 12.4. The second-order valence-corrected chi connectivity index (χ2v) is 7.81. The van der Waals surface area contributed by atoms with E-state index in [4.69, 9.17) is 4.42 Å². The van der Waals surface area contributed by atoms with Crippen molar-refractivity contribution in [2.45, 2.75) is 19.3 Å². The van der Waals surface area contributed by atoms with Crippen LogP contribution in [0.1, 0.15) is 28.2 Å². The Morgan fingerprint density at radius 1 is 1.22 bits per heavy atom. The molecule has 27 heavy (non-hydrogen) atoms. The topological polar surface area (TPSA) is 75.4 Å². The van der Waals surface area contributed by atoms with Crippen LogP contribution in [0.4, 0.5) is 0 Å². The Hall–Kier alpha value is -2.67. The Labute approximate surface area is 161 Å². The van der Waals surface area contributed by atoms with Gasteiger partial charge in [-0.3, -0.25) is 9.59 Å². The molecule has 2 amide bonds. The maximum absolute atomic E-state index is 12.4. The standard InChI is InChI=1S/C20H21N3O3S/c24-19(21-9-5-18-22-16-3-1-2-4-17(16)27-18)14-6-10-23(11-7-14)20(25)15-8-12-26-13-15/h1-4,8,12-14H,5-7,9-11H2,(H,21,24). The normalized spacial score (nSPS) is 15.2. The summed E-state index contributed by atoms with van der Waals surface area (Å²) in [5, 5.41) is 4.07. The van der Waals surface area contributed by atoms with Crippen LogP contribution in [0, 0.1) is 5.92 Å². The van der Waals surface area contributed by atoms with Gasteiger partial charge in [0, 0.05) is 32.0 Å². The number of hydrogen-bond acceptors (Lipinski definition) is 5. The first-order chi connectivity index (χ1) is 13.2. The lowest BCUT2D eigenvalue weighted by molar-refractivity contribution is -0.126. The highest BCUT2D eigenvalue weighted by molar-refractivity contribution is 7.18. The zero-order chi connectivity index (χ0) is 18.6. The Bertz CT molecular complexity index is 894. The van der Waals surface area contributed by atoms with Crippen molar-refractivity contribution in [3.8, 4) is 0 Å². The predicted molar refractivity (Wildman–Crippen MR) is 104 cm³/mol. The predicted octanol–water partition coefficient (Wildman–Crippen LogP) is 3.10. The number of benzene rings is 1. The molecule has 0 radical (unpaired) electrons. The third kappa shape index (κ3) is 4.03. The van der Waals surface area contributed by atoms with Gasteiger partial charge in [0.1, 0.15) is 6.26 Å². The van der Waals surface area contributed by atoms with Gasteiger partial charge in [-0.1, -0.05) is 12.1 Å². The Morgan fingerprint density at radius 3 is 2.78 bits per heavy atom. The van der Waals surface area contributed by atoms with E-state index < -0.39 is 0 Å². The zero-order valence-electron chi connectivity index (χ0n) is 14.9. The highest BCUT2D eigenvalue weighted by Crippen LogP contribution is 2.22. The molecular weight excluding hydrogens is 362 g/mol. The second-order valence-electron chi connectivity index (χ2n) is 6.69. The first-order valence-electron chi connectivity index (χ1n) is 9.14. The molecule has 0 atom stereocenters. The van der Waals surface area contributed by atoms with Crippen molar-refractivity contribution in [3.63, 3.8) is 0 Å². The molecule has 140 valence electrons. The molecule has 1 aliphatic heterocycles. The van der Waals surface area contributed by atoms with Crippen LogP contribution in [0.3, 0.4) is 0 Å². The van der Waals surface area contributed by atoms with Crippen molar-refractivity contribution in [2.24, 2.45) is 5.92 Å². The number of hydrogen-bond donors (Lipinski definition) is 1. The Balaban J connectivity index is 1.23. The van der Waals surface area contributed by atoms with E-state index in [-0.39, 0.29) is 17.7 Å². The van der Waals surface area contributed by atoms with Crippen LogP contribution in [0.25, 0.3) is 10.2 Å². The summed E-state index contributed by atoms with van der Waals surface area (Å²) < 4.78 is 6.14. The summed E-state index contributed by atoms with van der Waals surface area (Å²) in [4.78, 5) is 31.1. The van der Waals surface area contributed by atoms with Crippen molar-refractivity contribution in [3.05, 3.63) is 53.4 Å². The Kier molecular flexibility index (Phi) is 5.20. The van der Waals surface area contributed by atoms with Crippen molar-refractivity contribution in [1.29, 1.82) is 0 Å². The number of nitrogens with zero attached hydrogens (tertiary/aromatic N) is 2. The quantitative estimate of drug-likeness (QED) is 0.735. The minimum absolute atomic E-state index is 0.0292. The summed E-state index contributed by atoms with van der Waals surface area (Å²) in [5.74, 6) is 0.0127. The fourth-order valence-electron chi connectivity index (χ4n) is 3.38. The van der Waals surface area contributed by atoms with Crippen molar-refractivity contribution in [1.82, 2.24) is 15.2 Å². The van der Waals surface area contributed by atoms with Crippen LogP contribution >= 0.6 is 11.3 Å². The van der Waals surface area contributed by atoms with Crippen molar-refractivity contribution < 1.29 is 14.0 Å². The summed E-state index contributed by atoms with van der Waals surface area (Å²) in [6.07, 6.45) is 5.08. The van der Waals surface area contributed by atoms with Crippen LogP contribution in [0.5, 0.6) is 0 Å².